The van der Waals surface area contributed by atoms with E-state index in [1.54, 1.807) is 128 Å². The summed E-state index contributed by atoms with van der Waals surface area (Å²) in [6.45, 7) is 3.27. The zero-order chi connectivity index (χ0) is 61.5. The number of aldehydes is 1. The van der Waals surface area contributed by atoms with Crippen molar-refractivity contribution in [3.63, 3.8) is 0 Å². The number of methoxy groups -OCH3 is 1. The Morgan fingerprint density at radius 2 is 1.37 bits per heavy atom. The molecule has 0 aliphatic carbocycles. The highest BCUT2D eigenvalue weighted by atomic mass is 32.2. The molecule has 26 nitrogen and oxygen atoms in total. The molecule has 6 amide bonds. The SMILES string of the molecule is CCN1CCN(N(C=O)C(C(=O)NC2C(CSc3nnnn3C(C(=O)OC)(c3ccccc3)c3ccccc3)=C(C(=O)OC(c3ccccc3)c3ccccc3)N3C(=O)[C@](C=O)(NC=O)[C@@H]3S2=O)c2ccc(OC(C)=O)c(OC(C)=O)c2)C(=O)C1=O. The molecule has 3 aliphatic heterocycles. The van der Waals surface area contributed by atoms with Gasteiger partial charge >= 0.3 is 35.7 Å². The summed E-state index contributed by atoms with van der Waals surface area (Å²) in [5.41, 5.74) is -4.55. The summed E-state index contributed by atoms with van der Waals surface area (Å²) in [5, 5.41) is 14.3. The Kier molecular flexibility index (Phi) is 18.1. The van der Waals surface area contributed by atoms with Crippen molar-refractivity contribution in [3.8, 4) is 11.5 Å². The number of β-lactam (4-membered cyclic amide) rings is 1. The quantitative estimate of drug-likeness (QED) is 0.0176. The van der Waals surface area contributed by atoms with E-state index in [0.717, 1.165) is 43.8 Å². The maximum atomic E-state index is 15.8. The molecule has 86 heavy (non-hydrogen) atoms. The van der Waals surface area contributed by atoms with Crippen molar-refractivity contribution in [2.75, 3.05) is 32.5 Å². The zero-order valence-electron chi connectivity index (χ0n) is 46.1. The number of benzene rings is 5. The molecule has 0 bridgehead atoms. The minimum Gasteiger partial charge on any atom is -0.467 e. The summed E-state index contributed by atoms with van der Waals surface area (Å²) < 4.78 is 39.5. The number of hydrogen-bond acceptors (Lipinski definition) is 20. The van der Waals surface area contributed by atoms with Crippen LogP contribution in [0, 0.1) is 0 Å². The van der Waals surface area contributed by atoms with Crippen LogP contribution in [0.2, 0.25) is 0 Å². The Hall–Kier alpha value is -10.2. The summed E-state index contributed by atoms with van der Waals surface area (Å²) in [6.07, 6.45) is -1.17. The number of aromatic nitrogens is 4. The maximum absolute atomic E-state index is 15.8. The Labute approximate surface area is 496 Å². The Morgan fingerprint density at radius 3 is 1.91 bits per heavy atom. The third-order valence-corrected chi connectivity index (χ3v) is 17.1. The topological polar surface area (TPSA) is 322 Å². The number of piperazine rings is 1. The van der Waals surface area contributed by atoms with E-state index >= 15 is 13.8 Å². The first-order valence-electron chi connectivity index (χ1n) is 26.2. The standard InChI is InChI=1S/C58H52N10O16S2/c1-5-64-28-29-65(51(76)50(64)75)66(34-71)45(39-26-27-43(82-35(2)72)44(30-39)83-36(3)73)48(74)60-49-42(31-85-56-61-62-63-68(56)58(55(79)81-4,40-22-14-8-15-23-40)41-24-16-9-17-25-41)46(67-53(78)57(32-69,59-33-70)54(67)86(49)80)52(77)84-47(37-18-10-6-11-19-37)38-20-12-7-13-21-38/h6-27,30,32-34,45,47,49,54H,5,28-29,31H2,1-4H3,(H,59,70)(H,60,74)/t45?,49?,54-,57-,86?/m0/s1. The normalized spacial score (nSPS) is 18.6. The molecule has 0 radical (unpaired) electrons. The summed E-state index contributed by atoms with van der Waals surface area (Å²) in [7, 11) is -1.71. The Balaban J connectivity index is 1.27. The largest absolute Gasteiger partial charge is 0.467 e. The lowest BCUT2D eigenvalue weighted by Gasteiger charge is -2.55. The first-order valence-corrected chi connectivity index (χ1v) is 28.5. The second kappa shape index (κ2) is 25.7. The molecule has 9 rings (SSSR count). The number of ether oxygens (including phenoxy) is 4. The smallest absolute Gasteiger partial charge is 0.356 e. The fourth-order valence-corrected chi connectivity index (χ4v) is 13.4. The van der Waals surface area contributed by atoms with Crippen LogP contribution >= 0.6 is 11.8 Å². The Morgan fingerprint density at radius 1 is 0.791 bits per heavy atom. The van der Waals surface area contributed by atoms with Crippen LogP contribution in [-0.4, -0.2) is 160 Å². The minimum absolute atomic E-state index is 0.00393. The fourth-order valence-electron chi connectivity index (χ4n) is 10.3. The summed E-state index contributed by atoms with van der Waals surface area (Å²) in [5.74, 6) is -10.3. The van der Waals surface area contributed by atoms with Gasteiger partial charge in [-0.3, -0.25) is 47.5 Å². The van der Waals surface area contributed by atoms with Crippen LogP contribution in [0.3, 0.4) is 0 Å². The first-order chi connectivity index (χ1) is 41.5. The number of tetrazole rings is 1. The van der Waals surface area contributed by atoms with Crippen molar-refractivity contribution in [1.29, 1.82) is 0 Å². The van der Waals surface area contributed by atoms with Gasteiger partial charge in [-0.25, -0.2) is 19.6 Å². The van der Waals surface area contributed by atoms with E-state index in [4.69, 9.17) is 18.9 Å². The molecule has 0 spiro atoms. The molecular weight excluding hydrogens is 1160 g/mol. The van der Waals surface area contributed by atoms with Crippen LogP contribution in [0.4, 0.5) is 0 Å². The number of nitrogens with zero attached hydrogens (tertiary/aromatic N) is 8. The lowest BCUT2D eigenvalue weighted by atomic mass is 9.83. The number of hydrazine groups is 1. The molecule has 0 saturated carbocycles. The van der Waals surface area contributed by atoms with Gasteiger partial charge in [0.15, 0.2) is 35.3 Å². The molecule has 5 atom stereocenters. The van der Waals surface area contributed by atoms with Gasteiger partial charge in [0.25, 0.3) is 11.8 Å². The third kappa shape index (κ3) is 11.1. The van der Waals surface area contributed by atoms with Gasteiger partial charge in [0.1, 0.15) is 11.1 Å². The third-order valence-electron chi connectivity index (χ3n) is 14.2. The molecule has 5 aromatic carbocycles. The van der Waals surface area contributed by atoms with E-state index in [2.05, 4.69) is 26.2 Å². The molecule has 4 heterocycles. The number of carbonyl (C=O) groups excluding carboxylic acids is 11. The molecular formula is C58H52N10O16S2. The summed E-state index contributed by atoms with van der Waals surface area (Å²) >= 11 is 0.707. The van der Waals surface area contributed by atoms with Crippen molar-refractivity contribution in [1.82, 2.24) is 50.7 Å². The van der Waals surface area contributed by atoms with Crippen molar-refractivity contribution < 1.29 is 75.9 Å². The van der Waals surface area contributed by atoms with E-state index in [0.29, 0.717) is 48.9 Å². The van der Waals surface area contributed by atoms with Gasteiger partial charge in [-0.15, -0.1) is 5.10 Å². The molecule has 1 aromatic heterocycles. The molecule has 2 N–H and O–H groups in total. The number of rotatable bonds is 23. The first kappa shape index (κ1) is 60.4. The number of thioether (sulfide) groups is 1. The second-order valence-electron chi connectivity index (χ2n) is 19.2. The number of carbonyl (C=O) groups is 11. The fraction of sp³-hybridized carbons (Fsp3) is 0.241. The molecule has 3 aliphatic rings. The van der Waals surface area contributed by atoms with Crippen molar-refractivity contribution in [3.05, 3.63) is 179 Å². The number of hydrogen-bond donors (Lipinski definition) is 2. The zero-order valence-corrected chi connectivity index (χ0v) is 47.7. The minimum atomic E-state index is -2.87. The number of nitrogens with one attached hydrogen (secondary N) is 2. The van der Waals surface area contributed by atoms with Crippen molar-refractivity contribution in [2.45, 2.75) is 59.9 Å². The predicted molar refractivity (Wildman–Crippen MR) is 300 cm³/mol. The monoisotopic (exact) mass is 1210 g/mol. The lowest BCUT2D eigenvalue weighted by Crippen LogP contribution is -2.83. The Bertz CT molecular complexity index is 3630. The van der Waals surface area contributed by atoms with Crippen LogP contribution in [0.15, 0.2) is 156 Å². The van der Waals surface area contributed by atoms with E-state index in [9.17, 15) is 43.2 Å². The lowest BCUT2D eigenvalue weighted by molar-refractivity contribution is -0.177. The van der Waals surface area contributed by atoms with Gasteiger partial charge < -0.3 is 39.3 Å². The number of likely N-dealkylation sites (N-methyl/N-ethyl adjacent to an activating group) is 1. The van der Waals surface area contributed by atoms with Crippen LogP contribution in [-0.2, 0) is 78.6 Å². The van der Waals surface area contributed by atoms with E-state index in [-0.39, 0.29) is 55.2 Å². The van der Waals surface area contributed by atoms with Crippen LogP contribution in [0.1, 0.15) is 60.7 Å². The highest BCUT2D eigenvalue weighted by molar-refractivity contribution is 7.99. The number of fused-ring (bicyclic) bond motifs is 1. The van der Waals surface area contributed by atoms with Crippen molar-refractivity contribution in [2.24, 2.45) is 0 Å². The van der Waals surface area contributed by atoms with E-state index in [1.807, 2.05) is 0 Å². The highest BCUT2D eigenvalue weighted by Crippen LogP contribution is 2.46. The summed E-state index contributed by atoms with van der Waals surface area (Å²) in [4.78, 5) is 154. The van der Waals surface area contributed by atoms with Gasteiger partial charge in [0, 0.05) is 38.3 Å². The number of esters is 4. The van der Waals surface area contributed by atoms with Crippen LogP contribution in [0.25, 0.3) is 0 Å². The molecule has 2 fully saturated rings. The van der Waals surface area contributed by atoms with Gasteiger partial charge in [0.05, 0.1) is 24.5 Å². The summed E-state index contributed by atoms with van der Waals surface area (Å²) in [6, 6.07) is 34.6. The van der Waals surface area contributed by atoms with Crippen LogP contribution < -0.4 is 20.1 Å². The highest BCUT2D eigenvalue weighted by Gasteiger charge is 2.70. The van der Waals surface area contributed by atoms with Crippen LogP contribution in [0.5, 0.6) is 11.5 Å². The molecule has 6 aromatic rings. The van der Waals surface area contributed by atoms with Gasteiger partial charge in [-0.1, -0.05) is 139 Å². The predicted octanol–water partition coefficient (Wildman–Crippen LogP) is 2.03. The maximum Gasteiger partial charge on any atom is 0.356 e. The van der Waals surface area contributed by atoms with E-state index in [1.165, 1.54) is 4.90 Å². The molecule has 28 heteroatoms. The van der Waals surface area contributed by atoms with Gasteiger partial charge in [0.2, 0.25) is 29.1 Å². The number of amides is 6. The van der Waals surface area contributed by atoms with Crippen molar-refractivity contribution >= 4 is 89.2 Å². The van der Waals surface area contributed by atoms with Gasteiger partial charge in [-0.2, -0.15) is 4.68 Å². The molecule has 2 saturated heterocycles. The average molecular weight is 1210 g/mol. The van der Waals surface area contributed by atoms with Gasteiger partial charge in [-0.05, 0) is 57.3 Å². The second-order valence-corrected chi connectivity index (χ2v) is 21.7. The average Bonchev–Trinajstić information content (AvgIpc) is 0.839. The van der Waals surface area contributed by atoms with E-state index < -0.39 is 115 Å². The molecule has 3 unspecified atom stereocenters. The molecule has 442 valence electrons.